The van der Waals surface area contributed by atoms with Gasteiger partial charge in [0.15, 0.2) is 23.3 Å². The van der Waals surface area contributed by atoms with E-state index >= 15 is 0 Å². The smallest absolute Gasteiger partial charge is 0.230 e. The van der Waals surface area contributed by atoms with Crippen LogP contribution in [0, 0.1) is 5.82 Å². The Morgan fingerprint density at radius 2 is 0.551 bits per heavy atom. The van der Waals surface area contributed by atoms with Crippen LogP contribution >= 0.6 is 27.5 Å². The third-order valence-electron chi connectivity index (χ3n) is 23.1. The van der Waals surface area contributed by atoms with Gasteiger partial charge in [-0.3, -0.25) is 19.2 Å². The van der Waals surface area contributed by atoms with Gasteiger partial charge in [0.05, 0.1) is 71.2 Å². The predicted molar refractivity (Wildman–Crippen MR) is 548 cm³/mol. The Kier molecular flexibility index (Phi) is 28.8. The Bertz CT molecular complexity index is 6400. The fraction of sp³-hybridized carbons (Fsp3) is 0.107. The molecule has 0 atom stereocenters. The van der Waals surface area contributed by atoms with Crippen molar-refractivity contribution in [1.29, 1.82) is 0 Å². The summed E-state index contributed by atoms with van der Waals surface area (Å²) < 4.78 is 14.2. The Labute approximate surface area is 799 Å². The number of nitrogen functional groups attached to an aromatic ring is 4. The number of hydrogen-bond acceptors (Lipinski definition) is 17. The third kappa shape index (κ3) is 23.7. The van der Waals surface area contributed by atoms with Gasteiger partial charge < -0.3 is 49.3 Å². The number of carbonyl (C=O) groups is 4. The molecule has 12 aromatic carbocycles. The number of aromatic nitrogens is 8. The molecule has 24 heteroatoms. The molecule has 0 saturated heterocycles. The van der Waals surface area contributed by atoms with Gasteiger partial charge in [0.25, 0.3) is 0 Å². The second-order valence-electron chi connectivity index (χ2n) is 33.1. The summed E-state index contributed by atoms with van der Waals surface area (Å²) in [6.07, 6.45) is 22.4. The van der Waals surface area contributed by atoms with Gasteiger partial charge in [-0.15, -0.1) is 0 Å². The molecule has 4 aliphatic rings. The van der Waals surface area contributed by atoms with Crippen molar-refractivity contribution in [2.45, 2.75) is 77.0 Å². The number of carbonyl (C=O) groups excluding carboxylic acids is 4. The van der Waals surface area contributed by atoms with Crippen LogP contribution < -0.4 is 44.2 Å². The lowest BCUT2D eigenvalue weighted by atomic mass is 9.91. The molecule has 4 aromatic heterocycles. The van der Waals surface area contributed by atoms with Gasteiger partial charge in [0.2, 0.25) is 23.6 Å². The number of phenolic OH excluding ortho intramolecular Hbond substituents is 1. The zero-order valence-corrected chi connectivity index (χ0v) is 76.3. The molecule has 21 nitrogen and oxygen atoms in total. The summed E-state index contributed by atoms with van der Waals surface area (Å²) in [6, 6.07) is 90.7. The standard InChI is InChI=1S/C28H23BrN4O.C28H23ClN4O.C28H23FN4O.C28H24N4O2/c3*29-21-10-6-19(7-11-21)16-26(34)33-28-25(14-8-18-4-2-1-3-5-18)31-27-23-13-12-22(30)17-20(23)9-15-24(27)32-28;29-21-10-13-23-20(17-21)9-15-24-27(23)30-25(14-8-18-4-2-1-3-5-18)28(31-24)32-26(34)16-19-6-11-22(33)12-7-19/h3*1-8,10-14,17H,9,15-16,30H2,(H,32,33,34);1-8,10-14,17,33H,9,15-16,29H2,(H,31,32,34)/b4*14-8+. The van der Waals surface area contributed by atoms with Crippen molar-refractivity contribution in [3.63, 3.8) is 0 Å². The highest BCUT2D eigenvalue weighted by Gasteiger charge is 2.28. The maximum Gasteiger partial charge on any atom is 0.230 e. The SMILES string of the molecule is Nc1ccc2c(c1)CCc1nc(NC(=O)Cc3ccc(Br)cc3)c(/C=C/c3ccccc3)nc1-2.Nc1ccc2c(c1)CCc1nc(NC(=O)Cc3ccc(Cl)cc3)c(/C=C/c3ccccc3)nc1-2.Nc1ccc2c(c1)CCc1nc(NC(=O)Cc3ccc(F)cc3)c(/C=C/c3ccccc3)nc1-2.Nc1ccc2c(c1)CCc1nc(NC(=O)Cc3ccc(O)cc3)c(/C=C/c3ccccc3)nc1-2. The Morgan fingerprint density at radius 1 is 0.309 bits per heavy atom. The van der Waals surface area contributed by atoms with Crippen LogP contribution in [-0.4, -0.2) is 68.6 Å². The number of amides is 4. The van der Waals surface area contributed by atoms with Gasteiger partial charge in [-0.05, 0) is 239 Å². The molecule has 672 valence electrons. The highest BCUT2D eigenvalue weighted by Crippen LogP contribution is 2.40. The normalized spacial score (nSPS) is 12.3. The molecule has 4 aliphatic carbocycles. The molecule has 0 unspecified atom stereocenters. The lowest BCUT2D eigenvalue weighted by Crippen LogP contribution is -2.19. The molecule has 0 spiro atoms. The van der Waals surface area contributed by atoms with Crippen molar-refractivity contribution in [3.8, 4) is 50.8 Å². The third-order valence-corrected chi connectivity index (χ3v) is 23.9. The summed E-state index contributed by atoms with van der Waals surface area (Å²) in [5.41, 5.74) is 52.3. The summed E-state index contributed by atoms with van der Waals surface area (Å²) >= 11 is 9.39. The number of aromatic hydroxyl groups is 1. The highest BCUT2D eigenvalue weighted by molar-refractivity contribution is 9.10. The first kappa shape index (κ1) is 91.4. The number of nitrogens with zero attached hydrogens (tertiary/aromatic N) is 8. The van der Waals surface area contributed by atoms with Crippen LogP contribution in [0.1, 0.15) is 112 Å². The molecule has 4 heterocycles. The van der Waals surface area contributed by atoms with Crippen molar-refractivity contribution in [1.82, 2.24) is 39.9 Å². The number of benzene rings is 12. The van der Waals surface area contributed by atoms with Crippen molar-refractivity contribution in [2.75, 3.05) is 44.2 Å². The average Bonchev–Trinajstić information content (AvgIpc) is 0.783. The number of phenols is 1. The van der Waals surface area contributed by atoms with Crippen LogP contribution in [0.2, 0.25) is 5.02 Å². The molecule has 0 fully saturated rings. The minimum atomic E-state index is -0.333. The number of nitrogens with one attached hydrogen (secondary N) is 4. The number of rotatable bonds is 20. The summed E-state index contributed by atoms with van der Waals surface area (Å²) in [5.74, 6) is 0.906. The molecule has 0 aliphatic heterocycles. The molecule has 20 rings (SSSR count). The van der Waals surface area contributed by atoms with Gasteiger partial charge in [-0.1, -0.05) is 246 Å². The fourth-order valence-corrected chi connectivity index (χ4v) is 16.8. The minimum absolute atomic E-state index is 0.114. The average molecular weight is 1880 g/mol. The molecule has 0 bridgehead atoms. The molecule has 16 aromatic rings. The molecular formula is C112H93BrClFN16O5. The monoisotopic (exact) mass is 1870 g/mol. The van der Waals surface area contributed by atoms with E-state index in [2.05, 4.69) is 37.2 Å². The quantitative estimate of drug-likeness (QED) is 0.0320. The molecule has 136 heavy (non-hydrogen) atoms. The molecule has 4 amide bonds. The Morgan fingerprint density at radius 3 is 0.816 bits per heavy atom. The zero-order valence-electron chi connectivity index (χ0n) is 73.9. The highest BCUT2D eigenvalue weighted by atomic mass is 79.9. The van der Waals surface area contributed by atoms with Crippen molar-refractivity contribution >= 4 is 146 Å². The molecule has 13 N–H and O–H groups in total. The van der Waals surface area contributed by atoms with E-state index in [9.17, 15) is 28.7 Å². The second kappa shape index (κ2) is 42.8. The largest absolute Gasteiger partial charge is 0.508 e. The van der Waals surface area contributed by atoms with Gasteiger partial charge in [0.1, 0.15) is 34.3 Å². The van der Waals surface area contributed by atoms with Crippen LogP contribution in [0.25, 0.3) is 93.6 Å². The first-order valence-corrected chi connectivity index (χ1v) is 45.7. The first-order chi connectivity index (χ1) is 66.2. The number of hydrogen-bond donors (Lipinski definition) is 9. The van der Waals surface area contributed by atoms with Gasteiger partial charge in [-0.2, -0.15) is 0 Å². The van der Waals surface area contributed by atoms with Gasteiger partial charge >= 0.3 is 0 Å². The van der Waals surface area contributed by atoms with Gasteiger partial charge in [0, 0.05) is 54.5 Å². The summed E-state index contributed by atoms with van der Waals surface area (Å²) in [6.45, 7) is 0. The number of nitrogens with two attached hydrogens (primary N) is 4. The van der Waals surface area contributed by atoms with Gasteiger partial charge in [-0.25, -0.2) is 44.3 Å². The zero-order chi connectivity index (χ0) is 94.0. The maximum atomic E-state index is 13.2. The first-order valence-electron chi connectivity index (χ1n) is 44.5. The number of aryl methyl sites for hydroxylation is 8. The van der Waals surface area contributed by atoms with E-state index in [4.69, 9.17) is 74.4 Å². The van der Waals surface area contributed by atoms with E-state index in [-0.39, 0.29) is 60.9 Å². The Balaban J connectivity index is 0.000000126. The van der Waals surface area contributed by atoms with E-state index in [0.717, 1.165) is 196 Å². The lowest BCUT2D eigenvalue weighted by Gasteiger charge is -2.20. The van der Waals surface area contributed by atoms with E-state index in [1.807, 2.05) is 279 Å². The van der Waals surface area contributed by atoms with E-state index in [1.54, 1.807) is 48.5 Å². The molecule has 0 radical (unpaired) electrons. The molecular weight excluding hydrogens is 1780 g/mol. The van der Waals surface area contributed by atoms with Crippen LogP contribution in [0.15, 0.2) is 296 Å². The van der Waals surface area contributed by atoms with E-state index in [1.165, 1.54) is 23.3 Å². The summed E-state index contributed by atoms with van der Waals surface area (Å²) in [5, 5.41) is 22.0. The maximum absolute atomic E-state index is 13.2. The topological polar surface area (TPSA) is 344 Å². The van der Waals surface area contributed by atoms with Crippen LogP contribution in [-0.2, 0) is 96.2 Å². The van der Waals surface area contributed by atoms with Crippen LogP contribution in [0.3, 0.4) is 0 Å². The van der Waals surface area contributed by atoms with Crippen LogP contribution in [0.4, 0.5) is 50.4 Å². The fourth-order valence-electron chi connectivity index (χ4n) is 16.4. The van der Waals surface area contributed by atoms with E-state index in [0.29, 0.717) is 57.5 Å². The Hall–Kier alpha value is -16.5. The van der Waals surface area contributed by atoms with Crippen LogP contribution in [0.5, 0.6) is 5.75 Å². The second-order valence-corrected chi connectivity index (χ2v) is 34.5. The number of anilines is 8. The number of fused-ring (bicyclic) bond motifs is 12. The summed E-state index contributed by atoms with van der Waals surface area (Å²) in [4.78, 5) is 90.4. The van der Waals surface area contributed by atoms with E-state index < -0.39 is 0 Å². The number of halogens is 3. The lowest BCUT2D eigenvalue weighted by molar-refractivity contribution is -0.116. The minimum Gasteiger partial charge on any atom is -0.508 e. The summed E-state index contributed by atoms with van der Waals surface area (Å²) in [7, 11) is 0. The predicted octanol–water partition coefficient (Wildman–Crippen LogP) is 22.0. The van der Waals surface area contributed by atoms with Crippen molar-refractivity contribution in [3.05, 3.63) is 419 Å². The van der Waals surface area contributed by atoms with Crippen molar-refractivity contribution < 1.29 is 28.7 Å². The van der Waals surface area contributed by atoms with Crippen molar-refractivity contribution in [2.24, 2.45) is 0 Å². The molecule has 0 saturated carbocycles.